The first-order valence-electron chi connectivity index (χ1n) is 5.10. The van der Waals surface area contributed by atoms with E-state index in [4.69, 9.17) is 11.6 Å². The van der Waals surface area contributed by atoms with Gasteiger partial charge in [-0.05, 0) is 59.7 Å². The van der Waals surface area contributed by atoms with Crippen molar-refractivity contribution >= 4 is 45.7 Å². The fraction of sp³-hybridized carbons (Fsp3) is 0.167. The van der Waals surface area contributed by atoms with Crippen LogP contribution in [0.15, 0.2) is 24.3 Å². The van der Waals surface area contributed by atoms with Crippen molar-refractivity contribution in [3.8, 4) is 0 Å². The lowest BCUT2D eigenvalue weighted by atomic mass is 10.2. The third-order valence-corrected chi connectivity index (χ3v) is 3.89. The summed E-state index contributed by atoms with van der Waals surface area (Å²) in [6, 6.07) is 8.02. The van der Waals surface area contributed by atoms with E-state index < -0.39 is 0 Å². The minimum atomic E-state index is 0.454. The van der Waals surface area contributed by atoms with Crippen molar-refractivity contribution < 1.29 is 0 Å². The maximum atomic E-state index is 5.92. The molecule has 2 aromatic rings. The molecule has 0 aliphatic carbocycles. The summed E-state index contributed by atoms with van der Waals surface area (Å²) in [5, 5.41) is 11.7. The maximum Gasteiger partial charge on any atom is 0.156 e. The van der Waals surface area contributed by atoms with E-state index >= 15 is 0 Å². The highest BCUT2D eigenvalue weighted by Gasteiger charge is 2.09. The topological polar surface area (TPSA) is 37.8 Å². The second-order valence-electron chi connectivity index (χ2n) is 3.69. The van der Waals surface area contributed by atoms with Crippen LogP contribution in [0.5, 0.6) is 0 Å². The molecule has 5 heteroatoms. The van der Waals surface area contributed by atoms with Crippen LogP contribution in [0, 0.1) is 17.4 Å². The SMILES string of the molecule is Cc1c(Cl)nnc(Nc2ccccc2I)c1C. The molecule has 0 amide bonds. The molecule has 1 heterocycles. The van der Waals surface area contributed by atoms with Gasteiger partial charge in [-0.3, -0.25) is 0 Å². The standard InChI is InChI=1S/C12H11ClIN3/c1-7-8(2)12(17-16-11(7)13)15-10-6-4-3-5-9(10)14/h3-6H,1-2H3,(H,15,17). The van der Waals surface area contributed by atoms with Crippen LogP contribution in [0.2, 0.25) is 5.15 Å². The van der Waals surface area contributed by atoms with E-state index in [0.29, 0.717) is 5.15 Å². The molecular weight excluding hydrogens is 349 g/mol. The number of anilines is 2. The fourth-order valence-electron chi connectivity index (χ4n) is 1.39. The van der Waals surface area contributed by atoms with E-state index in [1.807, 2.05) is 38.1 Å². The van der Waals surface area contributed by atoms with Crippen molar-refractivity contribution in [1.29, 1.82) is 0 Å². The number of halogens is 2. The highest BCUT2D eigenvalue weighted by atomic mass is 127. The van der Waals surface area contributed by atoms with Gasteiger partial charge in [0.25, 0.3) is 0 Å². The lowest BCUT2D eigenvalue weighted by Crippen LogP contribution is -2.02. The molecule has 0 bridgehead atoms. The first-order valence-corrected chi connectivity index (χ1v) is 6.56. The summed E-state index contributed by atoms with van der Waals surface area (Å²) in [6.45, 7) is 3.92. The zero-order valence-corrected chi connectivity index (χ0v) is 12.4. The van der Waals surface area contributed by atoms with Gasteiger partial charge in [-0.1, -0.05) is 23.7 Å². The van der Waals surface area contributed by atoms with Crippen LogP contribution in [0.4, 0.5) is 11.5 Å². The van der Waals surface area contributed by atoms with E-state index in [-0.39, 0.29) is 0 Å². The molecule has 0 radical (unpaired) electrons. The van der Waals surface area contributed by atoms with Gasteiger partial charge in [0.15, 0.2) is 11.0 Å². The van der Waals surface area contributed by atoms with Crippen molar-refractivity contribution in [2.24, 2.45) is 0 Å². The minimum absolute atomic E-state index is 0.454. The molecule has 0 saturated heterocycles. The van der Waals surface area contributed by atoms with E-state index in [1.54, 1.807) is 0 Å². The van der Waals surface area contributed by atoms with E-state index in [0.717, 1.165) is 26.2 Å². The second-order valence-corrected chi connectivity index (χ2v) is 5.21. The molecule has 2 rings (SSSR count). The highest BCUT2D eigenvalue weighted by molar-refractivity contribution is 14.1. The zero-order valence-electron chi connectivity index (χ0n) is 9.46. The maximum absolute atomic E-state index is 5.92. The average Bonchev–Trinajstić information content (AvgIpc) is 2.32. The largest absolute Gasteiger partial charge is 0.338 e. The molecular formula is C12H11ClIN3. The number of hydrogen-bond acceptors (Lipinski definition) is 3. The van der Waals surface area contributed by atoms with Gasteiger partial charge in [0.1, 0.15) is 0 Å². The first-order chi connectivity index (χ1) is 8.09. The lowest BCUT2D eigenvalue weighted by Gasteiger charge is -2.11. The van der Waals surface area contributed by atoms with Crippen molar-refractivity contribution in [1.82, 2.24) is 10.2 Å². The number of benzene rings is 1. The number of nitrogens with one attached hydrogen (secondary N) is 1. The quantitative estimate of drug-likeness (QED) is 0.821. The van der Waals surface area contributed by atoms with E-state index in [1.165, 1.54) is 0 Å². The predicted molar refractivity (Wildman–Crippen MR) is 79.0 cm³/mol. The molecule has 1 N–H and O–H groups in total. The first kappa shape index (κ1) is 12.6. The lowest BCUT2D eigenvalue weighted by molar-refractivity contribution is 1.00. The number of rotatable bonds is 2. The van der Waals surface area contributed by atoms with Crippen LogP contribution in [-0.4, -0.2) is 10.2 Å². The molecule has 88 valence electrons. The summed E-state index contributed by atoms with van der Waals surface area (Å²) in [5.41, 5.74) is 2.99. The second kappa shape index (κ2) is 5.18. The van der Waals surface area contributed by atoms with Crippen molar-refractivity contribution in [2.45, 2.75) is 13.8 Å². The molecule has 0 unspecified atom stereocenters. The Morgan fingerprint density at radius 2 is 1.82 bits per heavy atom. The monoisotopic (exact) mass is 359 g/mol. The van der Waals surface area contributed by atoms with E-state index in [2.05, 4.69) is 38.1 Å². The van der Waals surface area contributed by atoms with Crippen LogP contribution in [0.3, 0.4) is 0 Å². The van der Waals surface area contributed by atoms with Crippen molar-refractivity contribution in [3.63, 3.8) is 0 Å². The van der Waals surface area contributed by atoms with Gasteiger partial charge in [-0.15, -0.1) is 10.2 Å². The van der Waals surface area contributed by atoms with Gasteiger partial charge in [-0.25, -0.2) is 0 Å². The Labute approximate surface area is 119 Å². The molecule has 0 saturated carbocycles. The number of para-hydroxylation sites is 1. The Morgan fingerprint density at radius 3 is 2.53 bits per heavy atom. The smallest absolute Gasteiger partial charge is 0.156 e. The Bertz CT molecular complexity index is 557. The van der Waals surface area contributed by atoms with Crippen LogP contribution >= 0.6 is 34.2 Å². The van der Waals surface area contributed by atoms with Crippen LogP contribution in [0.25, 0.3) is 0 Å². The van der Waals surface area contributed by atoms with Gasteiger partial charge < -0.3 is 5.32 Å². The molecule has 0 fully saturated rings. The minimum Gasteiger partial charge on any atom is -0.338 e. The summed E-state index contributed by atoms with van der Waals surface area (Å²) in [6.07, 6.45) is 0. The normalized spacial score (nSPS) is 10.4. The van der Waals surface area contributed by atoms with Crippen LogP contribution in [-0.2, 0) is 0 Å². The molecule has 1 aromatic carbocycles. The van der Waals surface area contributed by atoms with Gasteiger partial charge in [-0.2, -0.15) is 0 Å². The summed E-state index contributed by atoms with van der Waals surface area (Å²) < 4.78 is 1.14. The zero-order chi connectivity index (χ0) is 12.4. The number of hydrogen-bond donors (Lipinski definition) is 1. The third kappa shape index (κ3) is 2.69. The van der Waals surface area contributed by atoms with Crippen molar-refractivity contribution in [2.75, 3.05) is 5.32 Å². The van der Waals surface area contributed by atoms with Crippen LogP contribution in [0.1, 0.15) is 11.1 Å². The van der Waals surface area contributed by atoms with Gasteiger partial charge in [0.2, 0.25) is 0 Å². The molecule has 0 aliphatic heterocycles. The third-order valence-electron chi connectivity index (χ3n) is 2.59. The summed E-state index contributed by atoms with van der Waals surface area (Å²) in [7, 11) is 0. The molecule has 1 aromatic heterocycles. The highest BCUT2D eigenvalue weighted by Crippen LogP contribution is 2.25. The summed E-state index contributed by atoms with van der Waals surface area (Å²) >= 11 is 8.19. The average molecular weight is 360 g/mol. The van der Waals surface area contributed by atoms with Gasteiger partial charge in [0, 0.05) is 3.57 Å². The number of aromatic nitrogens is 2. The fourth-order valence-corrected chi connectivity index (χ4v) is 2.09. The van der Waals surface area contributed by atoms with Gasteiger partial charge >= 0.3 is 0 Å². The van der Waals surface area contributed by atoms with E-state index in [9.17, 15) is 0 Å². The van der Waals surface area contributed by atoms with Gasteiger partial charge in [0.05, 0.1) is 5.69 Å². The summed E-state index contributed by atoms with van der Waals surface area (Å²) in [4.78, 5) is 0. The Hall–Kier alpha value is -0.880. The Balaban J connectivity index is 2.38. The summed E-state index contributed by atoms with van der Waals surface area (Å²) in [5.74, 6) is 0.746. The van der Waals surface area contributed by atoms with Crippen LogP contribution < -0.4 is 5.32 Å². The Morgan fingerprint density at radius 1 is 1.12 bits per heavy atom. The predicted octanol–water partition coefficient (Wildman–Crippen LogP) is 4.10. The number of nitrogens with zero attached hydrogens (tertiary/aromatic N) is 2. The molecule has 0 atom stereocenters. The molecule has 17 heavy (non-hydrogen) atoms. The molecule has 3 nitrogen and oxygen atoms in total. The molecule has 0 spiro atoms. The van der Waals surface area contributed by atoms with Crippen molar-refractivity contribution in [3.05, 3.63) is 44.1 Å². The molecule has 0 aliphatic rings. The Kier molecular flexibility index (Phi) is 3.83.